The molecule has 0 spiro atoms. The number of hydrogen-bond donors (Lipinski definition) is 0. The van der Waals surface area contributed by atoms with Crippen LogP contribution in [0.5, 0.6) is 0 Å². The lowest BCUT2D eigenvalue weighted by atomic mass is 9.97. The molecule has 1 heterocycles. The summed E-state index contributed by atoms with van der Waals surface area (Å²) in [4.78, 5) is 37.8. The van der Waals surface area contributed by atoms with Crippen molar-refractivity contribution in [3.05, 3.63) is 24.3 Å². The van der Waals surface area contributed by atoms with Crippen molar-refractivity contribution >= 4 is 17.8 Å². The van der Waals surface area contributed by atoms with Gasteiger partial charge in [0, 0.05) is 24.1 Å². The van der Waals surface area contributed by atoms with Crippen LogP contribution in [-0.4, -0.2) is 46.8 Å². The molecule has 0 radical (unpaired) electrons. The van der Waals surface area contributed by atoms with Gasteiger partial charge < -0.3 is 4.84 Å². The van der Waals surface area contributed by atoms with Crippen LogP contribution in [0.25, 0.3) is 0 Å². The Balaban J connectivity index is 2.80. The largest absolute Gasteiger partial charge is 0.460 e. The molecule has 0 saturated heterocycles. The fraction of sp³-hybridized carbons (Fsp3) is 0.462. The van der Waals surface area contributed by atoms with Gasteiger partial charge in [-0.25, -0.2) is 4.79 Å². The predicted octanol–water partition coefficient (Wildman–Crippen LogP) is 3.17. The molecule has 0 saturated carbocycles. The summed E-state index contributed by atoms with van der Waals surface area (Å²) in [5.41, 5.74) is -1.09. The molecule has 0 fully saturated rings. The molecule has 0 N–H and O–H groups in total. The molecule has 0 bridgehead atoms. The van der Waals surface area contributed by atoms with Crippen molar-refractivity contribution in [1.29, 1.82) is 0 Å². The van der Waals surface area contributed by atoms with Crippen LogP contribution in [0.1, 0.15) is 12.8 Å². The zero-order valence-corrected chi connectivity index (χ0v) is 12.8. The highest BCUT2D eigenvalue weighted by atomic mass is 19.4. The Bertz CT molecular complexity index is 678. The van der Waals surface area contributed by atoms with Gasteiger partial charge in [-0.2, -0.15) is 39.5 Å². The number of rotatable bonds is 7. The zero-order chi connectivity index (χ0) is 21.4. The van der Waals surface area contributed by atoms with E-state index in [-0.39, 0.29) is 5.06 Å². The van der Waals surface area contributed by atoms with Gasteiger partial charge in [-0.3, -0.25) is 9.59 Å². The van der Waals surface area contributed by atoms with Crippen molar-refractivity contribution in [3.63, 3.8) is 0 Å². The third-order valence-corrected chi connectivity index (χ3v) is 3.18. The average molecular weight is 413 g/mol. The minimum atomic E-state index is -7.05. The fourth-order valence-electron chi connectivity index (χ4n) is 1.60. The predicted molar refractivity (Wildman–Crippen MR) is 66.4 cm³/mol. The Hall–Kier alpha value is -2.54. The van der Waals surface area contributed by atoms with Crippen molar-refractivity contribution in [3.8, 4) is 0 Å². The van der Waals surface area contributed by atoms with Crippen LogP contribution < -0.4 is 0 Å². The van der Waals surface area contributed by atoms with E-state index in [1.807, 2.05) is 0 Å². The average Bonchev–Trinajstić information content (AvgIpc) is 2.82. The van der Waals surface area contributed by atoms with Crippen LogP contribution in [0, 0.1) is 0 Å². The number of alkyl halides is 9. The van der Waals surface area contributed by atoms with E-state index in [1.54, 1.807) is 0 Å². The van der Waals surface area contributed by atoms with E-state index < -0.39 is 60.1 Å². The molecular formula is C13H8F9NO4. The molecule has 0 unspecified atom stereocenters. The van der Waals surface area contributed by atoms with Gasteiger partial charge in [-0.15, -0.1) is 0 Å². The Kier molecular flexibility index (Phi) is 5.74. The van der Waals surface area contributed by atoms with Crippen LogP contribution in [0.4, 0.5) is 39.5 Å². The minimum Gasteiger partial charge on any atom is -0.325 e. The summed E-state index contributed by atoms with van der Waals surface area (Å²) in [6.45, 7) is 2.81. The Labute approximate surface area is 144 Å². The summed E-state index contributed by atoms with van der Waals surface area (Å²) in [6, 6.07) is 0. The summed E-state index contributed by atoms with van der Waals surface area (Å²) < 4.78 is 114. The number of imide groups is 1. The molecule has 0 atom stereocenters. The van der Waals surface area contributed by atoms with Crippen molar-refractivity contribution in [1.82, 2.24) is 5.06 Å². The maximum absolute atomic E-state index is 13.3. The van der Waals surface area contributed by atoms with Crippen LogP contribution in [0.3, 0.4) is 0 Å². The molecule has 1 rings (SSSR count). The first-order valence-corrected chi connectivity index (χ1v) is 6.62. The van der Waals surface area contributed by atoms with Gasteiger partial charge in [0.25, 0.3) is 11.8 Å². The SMILES string of the molecule is C=C(CCC(F)(F)C(F)(F)C(F)(F)C(F)(F)F)C(=O)ON1C(=O)C=CC1=O. The number of carbonyl (C=O) groups is 3. The van der Waals surface area contributed by atoms with E-state index in [2.05, 4.69) is 11.4 Å². The second-order valence-corrected chi connectivity index (χ2v) is 5.14. The van der Waals surface area contributed by atoms with Gasteiger partial charge in [0.2, 0.25) is 0 Å². The van der Waals surface area contributed by atoms with Gasteiger partial charge in [0.15, 0.2) is 0 Å². The molecule has 0 aromatic rings. The quantitative estimate of drug-likeness (QED) is 0.366. The third kappa shape index (κ3) is 4.08. The van der Waals surface area contributed by atoms with Crippen LogP contribution in [0.15, 0.2) is 24.3 Å². The number of hydroxylamine groups is 2. The number of nitrogens with zero attached hydrogens (tertiary/aromatic N) is 1. The molecule has 2 amide bonds. The highest BCUT2D eigenvalue weighted by Gasteiger charge is 2.81. The Morgan fingerprint density at radius 2 is 1.37 bits per heavy atom. The van der Waals surface area contributed by atoms with Gasteiger partial charge in [-0.1, -0.05) is 11.6 Å². The molecule has 0 aliphatic carbocycles. The molecule has 1 aliphatic heterocycles. The normalized spacial score (nSPS) is 16.1. The highest BCUT2D eigenvalue weighted by Crippen LogP contribution is 2.54. The highest BCUT2D eigenvalue weighted by molar-refractivity contribution is 6.12. The van der Waals surface area contributed by atoms with Crippen LogP contribution in [-0.2, 0) is 19.2 Å². The zero-order valence-electron chi connectivity index (χ0n) is 12.8. The van der Waals surface area contributed by atoms with Crippen molar-refractivity contribution < 1.29 is 58.7 Å². The Morgan fingerprint density at radius 3 is 1.78 bits per heavy atom. The lowest BCUT2D eigenvalue weighted by Gasteiger charge is -2.33. The van der Waals surface area contributed by atoms with Crippen molar-refractivity contribution in [2.75, 3.05) is 0 Å². The molecule has 5 nitrogen and oxygen atoms in total. The summed E-state index contributed by atoms with van der Waals surface area (Å²) in [5.74, 6) is -23.8. The maximum Gasteiger partial charge on any atom is 0.460 e. The Morgan fingerprint density at radius 1 is 0.926 bits per heavy atom. The topological polar surface area (TPSA) is 63.7 Å². The number of amides is 2. The summed E-state index contributed by atoms with van der Waals surface area (Å²) in [6.07, 6.45) is -9.48. The smallest absolute Gasteiger partial charge is 0.325 e. The first-order chi connectivity index (χ1) is 12.0. The van der Waals surface area contributed by atoms with E-state index in [0.717, 1.165) is 0 Å². The fourth-order valence-corrected chi connectivity index (χ4v) is 1.60. The first kappa shape index (κ1) is 22.5. The van der Waals surface area contributed by atoms with Gasteiger partial charge >= 0.3 is 29.9 Å². The lowest BCUT2D eigenvalue weighted by Crippen LogP contribution is -2.60. The minimum absolute atomic E-state index is 0.141. The number of halogens is 9. The van der Waals surface area contributed by atoms with E-state index in [9.17, 15) is 53.9 Å². The van der Waals surface area contributed by atoms with E-state index in [1.165, 1.54) is 0 Å². The molecule has 0 aromatic heterocycles. The molecule has 27 heavy (non-hydrogen) atoms. The van der Waals surface area contributed by atoms with Crippen molar-refractivity contribution in [2.24, 2.45) is 0 Å². The van der Waals surface area contributed by atoms with Gasteiger partial charge in [0.1, 0.15) is 0 Å². The van der Waals surface area contributed by atoms with Crippen LogP contribution in [0.2, 0.25) is 0 Å². The van der Waals surface area contributed by atoms with E-state index in [0.29, 0.717) is 12.2 Å². The molecular weight excluding hydrogens is 405 g/mol. The van der Waals surface area contributed by atoms with E-state index in [4.69, 9.17) is 0 Å². The monoisotopic (exact) mass is 413 g/mol. The molecule has 14 heteroatoms. The van der Waals surface area contributed by atoms with E-state index >= 15 is 0 Å². The molecule has 152 valence electrons. The first-order valence-electron chi connectivity index (χ1n) is 6.62. The summed E-state index contributed by atoms with van der Waals surface area (Å²) in [7, 11) is 0. The maximum atomic E-state index is 13.3. The third-order valence-electron chi connectivity index (χ3n) is 3.18. The lowest BCUT2D eigenvalue weighted by molar-refractivity contribution is -0.396. The van der Waals surface area contributed by atoms with Crippen LogP contribution >= 0.6 is 0 Å². The second-order valence-electron chi connectivity index (χ2n) is 5.14. The number of hydrogen-bond acceptors (Lipinski definition) is 4. The standard InChI is InChI=1S/C13H8F9NO4/c1-6(9(26)27-23-7(24)2-3-8(23)25)4-5-10(14,15)11(16,17)12(18,19)13(20,21)22/h2-3H,1,4-5H2. The van der Waals surface area contributed by atoms with Crippen molar-refractivity contribution in [2.45, 2.75) is 36.8 Å². The molecule has 0 aromatic carbocycles. The number of carbonyl (C=O) groups excluding carboxylic acids is 3. The summed E-state index contributed by atoms with van der Waals surface area (Å²) >= 11 is 0. The molecule has 1 aliphatic rings. The second kappa shape index (κ2) is 6.88. The van der Waals surface area contributed by atoms with Gasteiger partial charge in [-0.05, 0) is 6.42 Å². The summed E-state index contributed by atoms with van der Waals surface area (Å²) in [5, 5.41) is -0.141. The van der Waals surface area contributed by atoms with Gasteiger partial charge in [0.05, 0.1) is 0 Å².